The van der Waals surface area contributed by atoms with E-state index in [4.69, 9.17) is 5.73 Å². The summed E-state index contributed by atoms with van der Waals surface area (Å²) in [5.74, 6) is 0.146. The maximum absolute atomic E-state index is 11.9. The van der Waals surface area contributed by atoms with Crippen LogP contribution in [-0.2, 0) is 11.2 Å². The smallest absolute Gasteiger partial charge is 0.237 e. The number of carbonyl (C=O) groups excluding carboxylic acids is 1. The maximum Gasteiger partial charge on any atom is 0.237 e. The van der Waals surface area contributed by atoms with E-state index in [0.29, 0.717) is 6.54 Å². The molecule has 2 aromatic rings. The van der Waals surface area contributed by atoms with E-state index >= 15 is 0 Å². The molecule has 2 atom stereocenters. The highest BCUT2D eigenvalue weighted by Crippen LogP contribution is 2.21. The summed E-state index contributed by atoms with van der Waals surface area (Å²) < 4.78 is 0. The molecule has 0 radical (unpaired) electrons. The molecule has 5 nitrogen and oxygen atoms in total. The van der Waals surface area contributed by atoms with Crippen molar-refractivity contribution in [2.75, 3.05) is 6.54 Å². The van der Waals surface area contributed by atoms with Gasteiger partial charge in [-0.15, -0.1) is 23.7 Å². The first-order valence-corrected chi connectivity index (χ1v) is 8.88. The minimum Gasteiger partial charge on any atom is -0.355 e. The molecule has 0 aliphatic heterocycles. The maximum atomic E-state index is 11.9. The van der Waals surface area contributed by atoms with Crippen LogP contribution in [0.5, 0.6) is 0 Å². The Balaban J connectivity index is 0.00000288. The van der Waals surface area contributed by atoms with Crippen molar-refractivity contribution < 1.29 is 4.79 Å². The van der Waals surface area contributed by atoms with Crippen LogP contribution in [0, 0.1) is 5.92 Å². The number of hydrogen-bond donors (Lipinski definition) is 2. The Morgan fingerprint density at radius 3 is 2.75 bits per heavy atom. The molecule has 2 rings (SSSR count). The van der Waals surface area contributed by atoms with Crippen LogP contribution in [0.15, 0.2) is 29.9 Å². The van der Waals surface area contributed by atoms with Crippen molar-refractivity contribution in [2.24, 2.45) is 11.7 Å². The van der Waals surface area contributed by atoms with Gasteiger partial charge in [-0.1, -0.05) is 20.3 Å². The Kier molecular flexibility index (Phi) is 8.89. The molecule has 0 spiro atoms. The van der Waals surface area contributed by atoms with Crippen molar-refractivity contribution in [3.63, 3.8) is 0 Å². The Hall–Kier alpha value is -1.50. The predicted octanol–water partition coefficient (Wildman–Crippen LogP) is 3.05. The molecule has 2 heterocycles. The van der Waals surface area contributed by atoms with Gasteiger partial charge in [0.2, 0.25) is 5.91 Å². The van der Waals surface area contributed by atoms with Crippen molar-refractivity contribution in [1.29, 1.82) is 0 Å². The Labute approximate surface area is 153 Å². The predicted molar refractivity (Wildman–Crippen MR) is 101 cm³/mol. The van der Waals surface area contributed by atoms with Gasteiger partial charge in [0.05, 0.1) is 16.7 Å². The first-order valence-electron chi connectivity index (χ1n) is 8.00. The van der Waals surface area contributed by atoms with Gasteiger partial charge in [0.15, 0.2) is 0 Å². The summed E-state index contributed by atoms with van der Waals surface area (Å²) in [5.41, 5.74) is 7.97. The SMILES string of the molecule is CCC(C)C(N)C(=O)NCCCc1nc(-c2ccncc2)cs1.Cl. The van der Waals surface area contributed by atoms with E-state index in [0.717, 1.165) is 35.5 Å². The third-order valence-electron chi connectivity index (χ3n) is 3.95. The quantitative estimate of drug-likeness (QED) is 0.701. The molecule has 0 aromatic carbocycles. The monoisotopic (exact) mass is 368 g/mol. The Morgan fingerprint density at radius 2 is 2.08 bits per heavy atom. The number of nitrogens with two attached hydrogens (primary N) is 1. The summed E-state index contributed by atoms with van der Waals surface area (Å²) in [6.45, 7) is 4.67. The standard InChI is InChI=1S/C17H24N4OS.ClH/c1-3-12(2)16(18)17(22)20-8-4-5-15-21-14(11-23-15)13-6-9-19-10-7-13;/h6-7,9-12,16H,3-5,8,18H2,1-2H3,(H,20,22);1H. The first-order chi connectivity index (χ1) is 11.1. The summed E-state index contributed by atoms with van der Waals surface area (Å²) in [4.78, 5) is 20.5. The molecule has 3 N–H and O–H groups in total. The van der Waals surface area contributed by atoms with Gasteiger partial charge in [0.1, 0.15) is 0 Å². The van der Waals surface area contributed by atoms with Gasteiger partial charge in [0, 0.05) is 36.3 Å². The second-order valence-electron chi connectivity index (χ2n) is 5.67. The summed E-state index contributed by atoms with van der Waals surface area (Å²) >= 11 is 1.65. The van der Waals surface area contributed by atoms with Crippen LogP contribution in [0.25, 0.3) is 11.3 Å². The van der Waals surface area contributed by atoms with Gasteiger partial charge in [-0.3, -0.25) is 9.78 Å². The minimum atomic E-state index is -0.418. The molecule has 7 heteroatoms. The van der Waals surface area contributed by atoms with Gasteiger partial charge in [-0.05, 0) is 24.5 Å². The molecule has 0 bridgehead atoms. The van der Waals surface area contributed by atoms with Crippen LogP contribution in [0.2, 0.25) is 0 Å². The van der Waals surface area contributed by atoms with Gasteiger partial charge in [-0.2, -0.15) is 0 Å². The van der Waals surface area contributed by atoms with Crippen LogP contribution in [0.3, 0.4) is 0 Å². The largest absolute Gasteiger partial charge is 0.355 e. The number of pyridine rings is 1. The van der Waals surface area contributed by atoms with E-state index in [1.54, 1.807) is 23.7 Å². The molecule has 0 aliphatic rings. The van der Waals surface area contributed by atoms with Crippen molar-refractivity contribution in [3.05, 3.63) is 34.9 Å². The van der Waals surface area contributed by atoms with Crippen molar-refractivity contribution in [1.82, 2.24) is 15.3 Å². The lowest BCUT2D eigenvalue weighted by Gasteiger charge is -2.17. The zero-order chi connectivity index (χ0) is 16.7. The third kappa shape index (κ3) is 5.85. The van der Waals surface area contributed by atoms with E-state index in [9.17, 15) is 4.79 Å². The molecular formula is C17H25ClN4OS. The van der Waals surface area contributed by atoms with Crippen LogP contribution in [0.4, 0.5) is 0 Å². The van der Waals surface area contributed by atoms with Crippen molar-refractivity contribution in [3.8, 4) is 11.3 Å². The molecule has 132 valence electrons. The van der Waals surface area contributed by atoms with E-state index in [1.165, 1.54) is 0 Å². The van der Waals surface area contributed by atoms with Gasteiger partial charge in [-0.25, -0.2) is 4.98 Å². The number of aromatic nitrogens is 2. The lowest BCUT2D eigenvalue weighted by molar-refractivity contribution is -0.123. The number of thiazole rings is 1. The fourth-order valence-electron chi connectivity index (χ4n) is 2.16. The summed E-state index contributed by atoms with van der Waals surface area (Å²) in [7, 11) is 0. The molecule has 24 heavy (non-hydrogen) atoms. The number of rotatable bonds is 8. The Morgan fingerprint density at radius 1 is 1.38 bits per heavy atom. The highest BCUT2D eigenvalue weighted by atomic mass is 35.5. The van der Waals surface area contributed by atoms with Crippen LogP contribution >= 0.6 is 23.7 Å². The zero-order valence-electron chi connectivity index (χ0n) is 14.1. The highest BCUT2D eigenvalue weighted by molar-refractivity contribution is 7.09. The van der Waals surface area contributed by atoms with Gasteiger partial charge < -0.3 is 11.1 Å². The van der Waals surface area contributed by atoms with E-state index in [2.05, 4.69) is 20.7 Å². The summed E-state index contributed by atoms with van der Waals surface area (Å²) in [5, 5.41) is 6.05. The Bertz CT molecular complexity index is 620. The van der Waals surface area contributed by atoms with E-state index in [1.807, 2.05) is 26.0 Å². The van der Waals surface area contributed by atoms with Gasteiger partial charge in [0.25, 0.3) is 0 Å². The molecule has 0 aliphatic carbocycles. The number of aryl methyl sites for hydroxylation is 1. The molecular weight excluding hydrogens is 344 g/mol. The van der Waals surface area contributed by atoms with Crippen molar-refractivity contribution >= 4 is 29.7 Å². The van der Waals surface area contributed by atoms with Crippen molar-refractivity contribution in [2.45, 2.75) is 39.2 Å². The zero-order valence-corrected chi connectivity index (χ0v) is 15.7. The first kappa shape index (κ1) is 20.5. The highest BCUT2D eigenvalue weighted by Gasteiger charge is 2.18. The van der Waals surface area contributed by atoms with Crippen LogP contribution < -0.4 is 11.1 Å². The number of hydrogen-bond acceptors (Lipinski definition) is 5. The van der Waals surface area contributed by atoms with Gasteiger partial charge >= 0.3 is 0 Å². The number of amides is 1. The molecule has 0 saturated heterocycles. The van der Waals surface area contributed by atoms with E-state index < -0.39 is 6.04 Å². The average Bonchev–Trinajstić information content (AvgIpc) is 3.06. The number of carbonyl (C=O) groups is 1. The topological polar surface area (TPSA) is 80.9 Å². The number of nitrogens with zero attached hydrogens (tertiary/aromatic N) is 2. The lowest BCUT2D eigenvalue weighted by Crippen LogP contribution is -2.44. The molecule has 0 fully saturated rings. The molecule has 0 saturated carbocycles. The van der Waals surface area contributed by atoms with E-state index in [-0.39, 0.29) is 24.2 Å². The fraction of sp³-hybridized carbons (Fsp3) is 0.471. The fourth-order valence-corrected chi connectivity index (χ4v) is 3.01. The minimum absolute atomic E-state index is 0. The third-order valence-corrected chi connectivity index (χ3v) is 4.86. The summed E-state index contributed by atoms with van der Waals surface area (Å²) in [6.07, 6.45) is 6.16. The summed E-state index contributed by atoms with van der Waals surface area (Å²) in [6, 6.07) is 3.49. The average molecular weight is 369 g/mol. The second kappa shape index (κ2) is 10.4. The molecule has 2 unspecified atom stereocenters. The molecule has 1 amide bonds. The second-order valence-corrected chi connectivity index (χ2v) is 6.61. The lowest BCUT2D eigenvalue weighted by atomic mass is 9.99. The molecule has 2 aromatic heterocycles. The normalized spacial score (nSPS) is 13.0. The number of halogens is 1. The van der Waals surface area contributed by atoms with Crippen LogP contribution in [0.1, 0.15) is 31.7 Å². The van der Waals surface area contributed by atoms with Crippen LogP contribution in [-0.4, -0.2) is 28.5 Å². The number of nitrogens with one attached hydrogen (secondary N) is 1.